The molecular weight excluding hydrogens is 378 g/mol. The molecule has 0 radical (unpaired) electrons. The fourth-order valence-corrected chi connectivity index (χ4v) is 4.68. The lowest BCUT2D eigenvalue weighted by atomic mass is 9.74. The highest BCUT2D eigenvalue weighted by atomic mass is 16.5. The molecule has 1 aliphatic heterocycles. The monoisotopic (exact) mass is 409 g/mol. The number of anilines is 1. The molecule has 6 nitrogen and oxygen atoms in total. The molecule has 1 aromatic heterocycles. The Hall–Kier alpha value is -2.63. The average molecular weight is 410 g/mol. The molecule has 1 aliphatic carbocycles. The fourth-order valence-electron chi connectivity index (χ4n) is 4.68. The smallest absolute Gasteiger partial charge is 0.251 e. The van der Waals surface area contributed by atoms with Crippen molar-refractivity contribution < 1.29 is 14.1 Å². The van der Waals surface area contributed by atoms with Crippen LogP contribution in [-0.4, -0.2) is 34.0 Å². The number of hydrogen-bond acceptors (Lipinski definition) is 4. The van der Waals surface area contributed by atoms with Crippen molar-refractivity contribution in [3.63, 3.8) is 0 Å². The Balaban J connectivity index is 1.54. The molecule has 2 amide bonds. The maximum Gasteiger partial charge on any atom is 0.251 e. The van der Waals surface area contributed by atoms with Crippen LogP contribution in [0, 0.1) is 0 Å². The number of rotatable bonds is 4. The van der Waals surface area contributed by atoms with E-state index in [1.54, 1.807) is 11.0 Å². The van der Waals surface area contributed by atoms with Gasteiger partial charge in [0.05, 0.1) is 5.41 Å². The van der Waals surface area contributed by atoms with E-state index < -0.39 is 11.0 Å². The number of carbonyl (C=O) groups is 2. The van der Waals surface area contributed by atoms with Gasteiger partial charge in [0.25, 0.3) is 5.91 Å². The first-order chi connectivity index (χ1) is 14.2. The van der Waals surface area contributed by atoms with Crippen LogP contribution in [-0.2, 0) is 20.4 Å². The molecular formula is C24H31N3O3. The van der Waals surface area contributed by atoms with Crippen LogP contribution in [0.5, 0.6) is 0 Å². The molecule has 0 spiro atoms. The van der Waals surface area contributed by atoms with E-state index in [2.05, 4.69) is 10.5 Å². The molecule has 4 rings (SSSR count). The summed E-state index contributed by atoms with van der Waals surface area (Å²) < 4.78 is 5.38. The van der Waals surface area contributed by atoms with Crippen molar-refractivity contribution in [3.8, 4) is 0 Å². The van der Waals surface area contributed by atoms with Crippen molar-refractivity contribution in [2.45, 2.75) is 76.2 Å². The Morgan fingerprint density at radius 2 is 1.77 bits per heavy atom. The molecule has 6 heteroatoms. The molecule has 30 heavy (non-hydrogen) atoms. The zero-order valence-electron chi connectivity index (χ0n) is 18.3. The second-order valence-corrected chi connectivity index (χ2v) is 9.92. The predicted molar refractivity (Wildman–Crippen MR) is 115 cm³/mol. The van der Waals surface area contributed by atoms with Gasteiger partial charge in [-0.15, -0.1) is 0 Å². The minimum atomic E-state index is -0.873. The Bertz CT molecular complexity index is 938. The number of carbonyl (C=O) groups excluding carboxylic acids is 2. The Morgan fingerprint density at radius 3 is 2.30 bits per heavy atom. The van der Waals surface area contributed by atoms with E-state index in [0.717, 1.165) is 31.2 Å². The van der Waals surface area contributed by atoms with Gasteiger partial charge in [0.1, 0.15) is 11.3 Å². The summed E-state index contributed by atoms with van der Waals surface area (Å²) in [6.07, 6.45) is 4.38. The van der Waals surface area contributed by atoms with Gasteiger partial charge in [-0.05, 0) is 31.7 Å². The lowest BCUT2D eigenvalue weighted by Gasteiger charge is -2.52. The normalized spacial score (nSPS) is 23.1. The number of hydrogen-bond donors (Lipinski definition) is 1. The third-order valence-corrected chi connectivity index (χ3v) is 6.84. The van der Waals surface area contributed by atoms with Gasteiger partial charge in [-0.2, -0.15) is 0 Å². The van der Waals surface area contributed by atoms with Gasteiger partial charge in [0, 0.05) is 18.0 Å². The first-order valence-corrected chi connectivity index (χ1v) is 10.8. The van der Waals surface area contributed by atoms with Crippen molar-refractivity contribution in [1.29, 1.82) is 0 Å². The van der Waals surface area contributed by atoms with Gasteiger partial charge in [0.15, 0.2) is 5.82 Å². The lowest BCUT2D eigenvalue weighted by Crippen LogP contribution is -2.68. The molecule has 1 N–H and O–H groups in total. The molecule has 2 heterocycles. The van der Waals surface area contributed by atoms with Gasteiger partial charge >= 0.3 is 0 Å². The summed E-state index contributed by atoms with van der Waals surface area (Å²) in [7, 11) is 0. The predicted octanol–water partition coefficient (Wildman–Crippen LogP) is 4.41. The summed E-state index contributed by atoms with van der Waals surface area (Å²) in [6.45, 7) is 8.53. The van der Waals surface area contributed by atoms with Crippen molar-refractivity contribution in [2.75, 3.05) is 11.9 Å². The van der Waals surface area contributed by atoms with E-state index in [9.17, 15) is 9.59 Å². The van der Waals surface area contributed by atoms with E-state index in [0.29, 0.717) is 24.5 Å². The molecule has 1 aromatic carbocycles. The minimum absolute atomic E-state index is 0.0747. The summed E-state index contributed by atoms with van der Waals surface area (Å²) in [5.41, 5.74) is -0.518. The Morgan fingerprint density at radius 1 is 1.10 bits per heavy atom. The van der Waals surface area contributed by atoms with Crippen LogP contribution in [0.1, 0.15) is 71.1 Å². The molecule has 1 atom stereocenters. The third-order valence-electron chi connectivity index (χ3n) is 6.84. The van der Waals surface area contributed by atoms with Gasteiger partial charge < -0.3 is 14.7 Å². The van der Waals surface area contributed by atoms with Crippen molar-refractivity contribution in [1.82, 2.24) is 10.1 Å². The van der Waals surface area contributed by atoms with Crippen LogP contribution in [0.15, 0.2) is 40.9 Å². The van der Waals surface area contributed by atoms with Crippen LogP contribution >= 0.6 is 0 Å². The molecule has 2 fully saturated rings. The van der Waals surface area contributed by atoms with Crippen LogP contribution in [0.2, 0.25) is 0 Å². The second-order valence-electron chi connectivity index (χ2n) is 9.92. The molecule has 0 bridgehead atoms. The highest BCUT2D eigenvalue weighted by molar-refractivity contribution is 6.02. The van der Waals surface area contributed by atoms with Crippen LogP contribution in [0.4, 0.5) is 5.82 Å². The molecule has 1 unspecified atom stereocenters. The second kappa shape index (κ2) is 7.25. The van der Waals surface area contributed by atoms with E-state index in [1.165, 1.54) is 0 Å². The number of amides is 2. The first kappa shape index (κ1) is 20.6. The summed E-state index contributed by atoms with van der Waals surface area (Å²) in [6, 6.07) is 11.8. The summed E-state index contributed by atoms with van der Waals surface area (Å²) in [4.78, 5) is 28.7. The summed E-state index contributed by atoms with van der Waals surface area (Å²) >= 11 is 0. The first-order valence-electron chi connectivity index (χ1n) is 10.8. The molecule has 2 aromatic rings. The quantitative estimate of drug-likeness (QED) is 0.811. The molecule has 160 valence electrons. The molecule has 1 saturated heterocycles. The highest BCUT2D eigenvalue weighted by Gasteiger charge is 2.55. The van der Waals surface area contributed by atoms with Crippen molar-refractivity contribution >= 4 is 17.6 Å². The fraction of sp³-hybridized carbons (Fsp3) is 0.542. The van der Waals surface area contributed by atoms with E-state index in [4.69, 9.17) is 4.52 Å². The van der Waals surface area contributed by atoms with Gasteiger partial charge in [0.2, 0.25) is 5.91 Å². The Kier molecular flexibility index (Phi) is 4.99. The van der Waals surface area contributed by atoms with Gasteiger partial charge in [-0.3, -0.25) is 9.59 Å². The molecule has 2 aliphatic rings. The van der Waals surface area contributed by atoms with Crippen LogP contribution in [0.25, 0.3) is 0 Å². The molecule has 1 saturated carbocycles. The number of nitrogens with one attached hydrogen (secondary N) is 1. The Labute approximate surface area is 178 Å². The van der Waals surface area contributed by atoms with Crippen LogP contribution < -0.4 is 5.32 Å². The van der Waals surface area contributed by atoms with E-state index in [-0.39, 0.29) is 17.2 Å². The van der Waals surface area contributed by atoms with Gasteiger partial charge in [-0.25, -0.2) is 0 Å². The third kappa shape index (κ3) is 3.32. The zero-order chi connectivity index (χ0) is 21.6. The summed E-state index contributed by atoms with van der Waals surface area (Å²) in [5.74, 6) is 0.963. The van der Waals surface area contributed by atoms with E-state index >= 15 is 0 Å². The number of benzene rings is 1. The maximum absolute atomic E-state index is 13.8. The summed E-state index contributed by atoms with van der Waals surface area (Å²) in [5, 5.41) is 6.86. The van der Waals surface area contributed by atoms with E-state index in [1.807, 2.05) is 58.0 Å². The zero-order valence-corrected chi connectivity index (χ0v) is 18.3. The largest absolute Gasteiger partial charge is 0.359 e. The topological polar surface area (TPSA) is 75.4 Å². The van der Waals surface area contributed by atoms with Crippen LogP contribution in [0.3, 0.4) is 0 Å². The highest BCUT2D eigenvalue weighted by Crippen LogP contribution is 2.46. The van der Waals surface area contributed by atoms with Gasteiger partial charge in [-0.1, -0.05) is 69.1 Å². The number of aromatic nitrogens is 1. The standard InChI is InChI=1S/C24H31N3O3/c1-22(2,3)18-16-19(26-30-18)25-20(28)23(4)14-15-27(23)21(29)24(12-8-9-13-24)17-10-6-5-7-11-17/h5-7,10-11,16H,8-9,12-15H2,1-4H3,(H,25,26,28). The SMILES string of the molecule is CC(C)(C)c1cc(NC(=O)C2(C)CCN2C(=O)C2(c3ccccc3)CCCC2)no1. The number of likely N-dealkylation sites (tertiary alicyclic amines) is 1. The van der Waals surface area contributed by atoms with Crippen molar-refractivity contribution in [3.05, 3.63) is 47.7 Å². The maximum atomic E-state index is 13.8. The minimum Gasteiger partial charge on any atom is -0.359 e. The van der Waals surface area contributed by atoms with Crippen molar-refractivity contribution in [2.24, 2.45) is 0 Å². The average Bonchev–Trinajstić information content (AvgIpc) is 3.37. The lowest BCUT2D eigenvalue weighted by molar-refractivity contribution is -0.159. The number of nitrogens with zero attached hydrogens (tertiary/aromatic N) is 2.